The van der Waals surface area contributed by atoms with Gasteiger partial charge in [0.2, 0.25) is 0 Å². The summed E-state index contributed by atoms with van der Waals surface area (Å²) in [7, 11) is 3.85. The summed E-state index contributed by atoms with van der Waals surface area (Å²) in [6, 6.07) is 6.47. The van der Waals surface area contributed by atoms with Crippen LogP contribution in [0.5, 0.6) is 0 Å². The molecule has 2 saturated heterocycles. The Morgan fingerprint density at radius 3 is 2.78 bits per heavy atom. The first-order valence-electron chi connectivity index (χ1n) is 11.7. The second kappa shape index (κ2) is 9.81. The molecule has 3 aromatic heterocycles. The molecule has 0 spiro atoms. The number of hydrogen-bond donors (Lipinski definition) is 2. The van der Waals surface area contributed by atoms with Gasteiger partial charge in [-0.05, 0) is 0 Å². The zero-order chi connectivity index (χ0) is 25.4. The Morgan fingerprint density at radius 1 is 1.22 bits per heavy atom. The third kappa shape index (κ3) is 5.09. The summed E-state index contributed by atoms with van der Waals surface area (Å²) in [5.41, 5.74) is 0.860. The summed E-state index contributed by atoms with van der Waals surface area (Å²) in [4.78, 5) is 14.6. The molecule has 2 bridgehead atoms. The molecule has 0 saturated carbocycles. The van der Waals surface area contributed by atoms with Crippen molar-refractivity contribution in [2.45, 2.75) is 48.9 Å². The quantitative estimate of drug-likeness (QED) is 0.365. The van der Waals surface area contributed by atoms with E-state index in [0.29, 0.717) is 29.0 Å². The molecule has 0 aromatic carbocycles. The van der Waals surface area contributed by atoms with Gasteiger partial charge in [-0.1, -0.05) is 0 Å². The van der Waals surface area contributed by atoms with Crippen LogP contribution in [0.15, 0.2) is 30.6 Å². The van der Waals surface area contributed by atoms with E-state index in [-0.39, 0.29) is 28.6 Å². The maximum absolute atomic E-state index is 13.5. The Kier molecular flexibility index (Phi) is 6.72. The molecule has 0 unspecified atom stereocenters. The van der Waals surface area contributed by atoms with Crippen molar-refractivity contribution in [1.82, 2.24) is 29.6 Å². The first kappa shape index (κ1) is 24.7. The number of likely N-dealkylation sites (N-methyl/N-ethyl adjacent to an activating group) is 1. The number of amides is 1. The molecule has 36 heavy (non-hydrogen) atoms. The summed E-state index contributed by atoms with van der Waals surface area (Å²) < 4.78 is 43.6. The van der Waals surface area contributed by atoms with Gasteiger partial charge in [0.25, 0.3) is 0 Å². The first-order chi connectivity index (χ1) is 17.2. The van der Waals surface area contributed by atoms with E-state index in [2.05, 4.69) is 44.6 Å². The number of anilines is 1. The second-order valence-electron chi connectivity index (χ2n) is 9.11. The number of halogens is 3. The summed E-state index contributed by atoms with van der Waals surface area (Å²) >= 11 is -1.82. The van der Waals surface area contributed by atoms with Gasteiger partial charge in [0, 0.05) is 0 Å². The molecule has 2 aliphatic heterocycles. The van der Waals surface area contributed by atoms with Gasteiger partial charge >= 0.3 is 213 Å². The van der Waals surface area contributed by atoms with Crippen molar-refractivity contribution in [2.75, 3.05) is 18.9 Å². The van der Waals surface area contributed by atoms with Gasteiger partial charge in [0.15, 0.2) is 0 Å². The standard InChI is InChI=1S/C24H26F3N7OSe/c1-32-14-15(13-29-32)23(35)28-12-4-5-18-22(36-24(25,26)27)20-6-3-7-21(34(20)31-18)30-17-10-8-16-9-11-19(17)33(16)2/h3,6-7,13-14,16-17,19,30H,8-12H2,1-2H3,(H,28,35)/t16-,17-,19-/m1/s1. The van der Waals surface area contributed by atoms with Crippen LogP contribution in [-0.2, 0) is 7.05 Å². The molecule has 2 N–H and O–H groups in total. The predicted octanol–water partition coefficient (Wildman–Crippen LogP) is 1.74. The van der Waals surface area contributed by atoms with E-state index in [0.717, 1.165) is 19.3 Å². The number of rotatable bonds is 5. The predicted molar refractivity (Wildman–Crippen MR) is 130 cm³/mol. The van der Waals surface area contributed by atoms with Crippen LogP contribution in [-0.4, -0.2) is 82.0 Å². The van der Waals surface area contributed by atoms with Gasteiger partial charge in [-0.2, -0.15) is 0 Å². The average Bonchev–Trinajstić information content (AvgIpc) is 3.46. The van der Waals surface area contributed by atoms with Crippen LogP contribution in [0.1, 0.15) is 41.7 Å². The van der Waals surface area contributed by atoms with Gasteiger partial charge in [0.1, 0.15) is 0 Å². The van der Waals surface area contributed by atoms with Crippen molar-refractivity contribution in [3.05, 3.63) is 41.9 Å². The molecule has 190 valence electrons. The average molecular weight is 564 g/mol. The van der Waals surface area contributed by atoms with Crippen LogP contribution in [0.4, 0.5) is 19.0 Å². The van der Waals surface area contributed by atoms with Crippen LogP contribution < -0.4 is 15.1 Å². The van der Waals surface area contributed by atoms with Crippen molar-refractivity contribution in [3.8, 4) is 11.8 Å². The third-order valence-corrected chi connectivity index (χ3v) is 8.60. The molecule has 0 radical (unpaired) electrons. The van der Waals surface area contributed by atoms with Gasteiger partial charge < -0.3 is 0 Å². The fraction of sp³-hybridized carbons (Fsp3) is 0.458. The molecule has 5 heterocycles. The van der Waals surface area contributed by atoms with Crippen LogP contribution in [0.2, 0.25) is 0 Å². The fourth-order valence-corrected chi connectivity index (χ4v) is 6.57. The number of piperidine rings is 1. The number of aromatic nitrogens is 4. The van der Waals surface area contributed by atoms with Crippen LogP contribution >= 0.6 is 0 Å². The fourth-order valence-electron chi connectivity index (χ4n) is 5.14. The zero-order valence-electron chi connectivity index (χ0n) is 19.8. The van der Waals surface area contributed by atoms with Gasteiger partial charge in [0.05, 0.1) is 0 Å². The van der Waals surface area contributed by atoms with Gasteiger partial charge in [-0.15, -0.1) is 0 Å². The zero-order valence-corrected chi connectivity index (χ0v) is 21.6. The number of aryl methyl sites for hydroxylation is 1. The molecule has 0 aliphatic carbocycles. The Hall–Kier alpha value is -3.00. The number of carbonyl (C=O) groups excluding carboxylic acids is 1. The third-order valence-electron chi connectivity index (χ3n) is 6.84. The van der Waals surface area contributed by atoms with Crippen molar-refractivity contribution in [2.24, 2.45) is 7.05 Å². The summed E-state index contributed by atoms with van der Waals surface area (Å²) in [6.45, 7) is -0.0254. The van der Waals surface area contributed by atoms with E-state index in [4.69, 9.17) is 0 Å². The molecule has 2 fully saturated rings. The Balaban J connectivity index is 1.40. The summed E-state index contributed by atoms with van der Waals surface area (Å²) in [5, 5.41) is 10.3. The molecule has 8 nitrogen and oxygen atoms in total. The molecular formula is C24H26F3N7OSe. The Morgan fingerprint density at radius 2 is 2.03 bits per heavy atom. The normalized spacial score (nSPS) is 21.9. The molecule has 12 heteroatoms. The number of nitrogens with one attached hydrogen (secondary N) is 2. The van der Waals surface area contributed by atoms with Crippen molar-refractivity contribution in [1.29, 1.82) is 0 Å². The SMILES string of the molecule is CN1[C@H]2CC[C@@H]1[C@H](Nc1cccc3c([Se]C(F)(F)F)c(C#CCNC(=O)c4cnn(C)c4)nn13)CC2. The molecule has 2 aliphatic rings. The van der Waals surface area contributed by atoms with Crippen molar-refractivity contribution in [3.63, 3.8) is 0 Å². The van der Waals surface area contributed by atoms with Crippen LogP contribution in [0.25, 0.3) is 5.52 Å². The topological polar surface area (TPSA) is 79.5 Å². The van der Waals surface area contributed by atoms with Gasteiger partial charge in [-0.3, -0.25) is 0 Å². The molecule has 3 atom stereocenters. The number of nitrogens with zero attached hydrogens (tertiary/aromatic N) is 5. The van der Waals surface area contributed by atoms with E-state index in [1.165, 1.54) is 17.3 Å². The van der Waals surface area contributed by atoms with E-state index in [9.17, 15) is 18.0 Å². The van der Waals surface area contributed by atoms with Crippen molar-refractivity contribution >= 4 is 36.7 Å². The maximum atomic E-state index is 13.5. The van der Waals surface area contributed by atoms with E-state index in [1.807, 2.05) is 6.07 Å². The van der Waals surface area contributed by atoms with Gasteiger partial charge in [-0.25, -0.2) is 0 Å². The molecule has 5 rings (SSSR count). The Bertz CT molecular complexity index is 1340. The number of fused-ring (bicyclic) bond motifs is 3. The number of pyridine rings is 1. The minimum absolute atomic E-state index is 0.0254. The Labute approximate surface area is 212 Å². The second-order valence-corrected chi connectivity index (χ2v) is 11.4. The van der Waals surface area contributed by atoms with E-state index >= 15 is 0 Å². The number of alkyl halides is 3. The monoisotopic (exact) mass is 565 g/mol. The summed E-state index contributed by atoms with van der Waals surface area (Å²) in [6.07, 6.45) is 7.40. The van der Waals surface area contributed by atoms with E-state index < -0.39 is 20.0 Å². The van der Waals surface area contributed by atoms with Crippen LogP contribution in [0, 0.1) is 11.8 Å². The first-order valence-corrected chi connectivity index (χ1v) is 13.4. The minimum atomic E-state index is -4.35. The summed E-state index contributed by atoms with van der Waals surface area (Å²) in [5.74, 6) is 5.82. The van der Waals surface area contributed by atoms with Crippen LogP contribution in [0.3, 0.4) is 0 Å². The van der Waals surface area contributed by atoms with E-state index in [1.54, 1.807) is 29.9 Å². The molecule has 1 amide bonds. The van der Waals surface area contributed by atoms with Crippen molar-refractivity contribution < 1.29 is 18.0 Å². The number of hydrogen-bond acceptors (Lipinski definition) is 5. The number of carbonyl (C=O) groups is 1. The molecule has 3 aromatic rings. The molecular weight excluding hydrogens is 538 g/mol.